The fraction of sp³-hybridized carbons (Fsp3) is 0. The number of halogens is 1. The number of nitrogens with zero attached hydrogens (tertiary/aromatic N) is 2. The standard InChI is InChI=1S/C26H15ClN2/c27-26-25(28-23-11-5-6-12-24(23)29-26)16-13-14-21-19-9-2-1-7-17(19)18-8-3-4-10-20(18)22(21)15-16/h1-15H. The van der Waals surface area contributed by atoms with E-state index < -0.39 is 0 Å². The van der Waals surface area contributed by atoms with Gasteiger partial charge in [-0.3, -0.25) is 0 Å². The second kappa shape index (κ2) is 6.26. The molecule has 5 aromatic carbocycles. The molecule has 6 aromatic rings. The van der Waals surface area contributed by atoms with Crippen molar-refractivity contribution in [3.63, 3.8) is 0 Å². The van der Waals surface area contributed by atoms with Crippen LogP contribution in [0.3, 0.4) is 0 Å². The van der Waals surface area contributed by atoms with Crippen LogP contribution in [0.25, 0.3) is 54.6 Å². The van der Waals surface area contributed by atoms with Gasteiger partial charge in [-0.05, 0) is 50.5 Å². The maximum atomic E-state index is 6.53. The lowest BCUT2D eigenvalue weighted by Gasteiger charge is -2.12. The summed E-state index contributed by atoms with van der Waals surface area (Å²) in [5, 5.41) is 7.86. The summed E-state index contributed by atoms with van der Waals surface area (Å²) in [6.07, 6.45) is 0. The first-order chi connectivity index (χ1) is 14.3. The predicted octanol–water partition coefficient (Wildman–Crippen LogP) is 7.41. The van der Waals surface area contributed by atoms with Gasteiger partial charge >= 0.3 is 0 Å². The number of rotatable bonds is 1. The van der Waals surface area contributed by atoms with E-state index in [9.17, 15) is 0 Å². The van der Waals surface area contributed by atoms with E-state index in [0.29, 0.717) is 10.8 Å². The molecule has 6 rings (SSSR count). The molecular weight excluding hydrogens is 376 g/mol. The maximum absolute atomic E-state index is 6.53. The van der Waals surface area contributed by atoms with Crippen LogP contribution >= 0.6 is 11.6 Å². The Morgan fingerprint density at radius 3 is 1.59 bits per heavy atom. The summed E-state index contributed by atoms with van der Waals surface area (Å²) >= 11 is 6.53. The van der Waals surface area contributed by atoms with Crippen LogP contribution in [0.1, 0.15) is 0 Å². The van der Waals surface area contributed by atoms with Gasteiger partial charge in [-0.1, -0.05) is 84.4 Å². The van der Waals surface area contributed by atoms with Crippen LogP contribution in [0.15, 0.2) is 91.0 Å². The minimum Gasteiger partial charge on any atom is -0.243 e. The summed E-state index contributed by atoms with van der Waals surface area (Å²) in [5.74, 6) is 0. The summed E-state index contributed by atoms with van der Waals surface area (Å²) < 4.78 is 0. The van der Waals surface area contributed by atoms with Crippen molar-refractivity contribution in [1.82, 2.24) is 9.97 Å². The third kappa shape index (κ3) is 2.50. The first kappa shape index (κ1) is 16.5. The minimum atomic E-state index is 0.424. The topological polar surface area (TPSA) is 25.8 Å². The zero-order valence-electron chi connectivity index (χ0n) is 15.4. The van der Waals surface area contributed by atoms with Gasteiger partial charge in [0.05, 0.1) is 11.0 Å². The van der Waals surface area contributed by atoms with Crippen molar-refractivity contribution in [2.75, 3.05) is 0 Å². The second-order valence-electron chi connectivity index (χ2n) is 7.20. The normalized spacial score (nSPS) is 11.6. The van der Waals surface area contributed by atoms with E-state index >= 15 is 0 Å². The molecule has 0 unspecified atom stereocenters. The van der Waals surface area contributed by atoms with E-state index in [1.54, 1.807) is 0 Å². The zero-order chi connectivity index (χ0) is 19.4. The first-order valence-corrected chi connectivity index (χ1v) is 9.93. The Hall–Kier alpha value is -3.49. The molecule has 0 aliphatic heterocycles. The van der Waals surface area contributed by atoms with Crippen molar-refractivity contribution >= 4 is 55.0 Å². The van der Waals surface area contributed by atoms with E-state index in [1.807, 2.05) is 24.3 Å². The molecule has 2 nitrogen and oxygen atoms in total. The van der Waals surface area contributed by atoms with Gasteiger partial charge in [0, 0.05) is 5.56 Å². The van der Waals surface area contributed by atoms with Crippen molar-refractivity contribution in [2.45, 2.75) is 0 Å². The summed E-state index contributed by atoms with van der Waals surface area (Å²) in [6, 6.07) is 31.4. The first-order valence-electron chi connectivity index (χ1n) is 9.55. The van der Waals surface area contributed by atoms with Crippen molar-refractivity contribution in [3.8, 4) is 11.3 Å². The molecule has 0 atom stereocenters. The summed E-state index contributed by atoms with van der Waals surface area (Å²) in [4.78, 5) is 9.35. The largest absolute Gasteiger partial charge is 0.243 e. The van der Waals surface area contributed by atoms with Gasteiger partial charge in [0.15, 0.2) is 5.15 Å². The van der Waals surface area contributed by atoms with Gasteiger partial charge in [0.2, 0.25) is 0 Å². The lowest BCUT2D eigenvalue weighted by atomic mass is 9.93. The van der Waals surface area contributed by atoms with E-state index in [2.05, 4.69) is 71.7 Å². The Balaban J connectivity index is 1.72. The highest BCUT2D eigenvalue weighted by atomic mass is 35.5. The van der Waals surface area contributed by atoms with Crippen LogP contribution in [0.4, 0.5) is 0 Å². The number of benzene rings is 5. The van der Waals surface area contributed by atoms with E-state index in [-0.39, 0.29) is 0 Å². The van der Waals surface area contributed by atoms with E-state index in [4.69, 9.17) is 16.6 Å². The molecule has 0 amide bonds. The lowest BCUT2D eigenvalue weighted by molar-refractivity contribution is 1.29. The maximum Gasteiger partial charge on any atom is 0.156 e. The lowest BCUT2D eigenvalue weighted by Crippen LogP contribution is -1.92. The Labute approximate surface area is 172 Å². The molecule has 3 heteroatoms. The molecule has 1 aromatic heterocycles. The summed E-state index contributed by atoms with van der Waals surface area (Å²) in [7, 11) is 0. The molecule has 0 spiro atoms. The SMILES string of the molecule is Clc1nc2ccccc2nc1-c1ccc2c3ccccc3c3ccccc3c2c1. The number of aromatic nitrogens is 2. The Morgan fingerprint density at radius 1 is 0.483 bits per heavy atom. The summed E-state index contributed by atoms with van der Waals surface area (Å²) in [6.45, 7) is 0. The van der Waals surface area contributed by atoms with Gasteiger partial charge in [-0.2, -0.15) is 0 Å². The van der Waals surface area contributed by atoms with Crippen molar-refractivity contribution in [3.05, 3.63) is 96.1 Å². The highest BCUT2D eigenvalue weighted by Gasteiger charge is 2.13. The van der Waals surface area contributed by atoms with Crippen LogP contribution in [0.2, 0.25) is 5.15 Å². The minimum absolute atomic E-state index is 0.424. The molecule has 0 N–H and O–H groups in total. The molecule has 0 saturated heterocycles. The van der Waals surface area contributed by atoms with E-state index in [1.165, 1.54) is 32.3 Å². The van der Waals surface area contributed by atoms with Gasteiger partial charge in [-0.25, -0.2) is 9.97 Å². The van der Waals surface area contributed by atoms with Crippen LogP contribution in [0, 0.1) is 0 Å². The fourth-order valence-electron chi connectivity index (χ4n) is 4.22. The summed E-state index contributed by atoms with van der Waals surface area (Å²) in [5.41, 5.74) is 3.33. The molecule has 136 valence electrons. The Kier molecular flexibility index (Phi) is 3.56. The highest BCUT2D eigenvalue weighted by molar-refractivity contribution is 6.32. The van der Waals surface area contributed by atoms with Crippen LogP contribution in [-0.4, -0.2) is 9.97 Å². The second-order valence-corrected chi connectivity index (χ2v) is 7.56. The zero-order valence-corrected chi connectivity index (χ0v) is 16.2. The molecule has 0 bridgehead atoms. The van der Waals surface area contributed by atoms with Crippen LogP contribution in [0.5, 0.6) is 0 Å². The molecule has 0 saturated carbocycles. The van der Waals surface area contributed by atoms with Crippen molar-refractivity contribution < 1.29 is 0 Å². The van der Waals surface area contributed by atoms with Gasteiger partial charge in [0.25, 0.3) is 0 Å². The molecule has 0 aliphatic carbocycles. The molecule has 0 radical (unpaired) electrons. The Bertz CT molecular complexity index is 1530. The number of hydrogen-bond donors (Lipinski definition) is 0. The van der Waals surface area contributed by atoms with Gasteiger partial charge < -0.3 is 0 Å². The fourth-order valence-corrected chi connectivity index (χ4v) is 4.46. The molecule has 1 heterocycles. The van der Waals surface area contributed by atoms with Gasteiger partial charge in [-0.15, -0.1) is 0 Å². The highest BCUT2D eigenvalue weighted by Crippen LogP contribution is 2.37. The average molecular weight is 391 g/mol. The third-order valence-electron chi connectivity index (χ3n) is 5.55. The molecular formula is C26H15ClN2. The van der Waals surface area contributed by atoms with Crippen LogP contribution < -0.4 is 0 Å². The number of fused-ring (bicyclic) bond motifs is 7. The molecule has 29 heavy (non-hydrogen) atoms. The third-order valence-corrected chi connectivity index (χ3v) is 5.81. The van der Waals surface area contributed by atoms with Crippen molar-refractivity contribution in [1.29, 1.82) is 0 Å². The smallest absolute Gasteiger partial charge is 0.156 e. The Morgan fingerprint density at radius 2 is 0.966 bits per heavy atom. The number of hydrogen-bond acceptors (Lipinski definition) is 2. The quantitative estimate of drug-likeness (QED) is 0.273. The predicted molar refractivity (Wildman–Crippen MR) is 123 cm³/mol. The van der Waals surface area contributed by atoms with Gasteiger partial charge in [0.1, 0.15) is 5.69 Å². The molecule has 0 fully saturated rings. The average Bonchev–Trinajstić information content (AvgIpc) is 2.78. The van der Waals surface area contributed by atoms with E-state index in [0.717, 1.165) is 16.6 Å². The number of para-hydroxylation sites is 2. The van der Waals surface area contributed by atoms with Crippen LogP contribution in [-0.2, 0) is 0 Å². The molecule has 0 aliphatic rings. The monoisotopic (exact) mass is 390 g/mol. The van der Waals surface area contributed by atoms with Crippen molar-refractivity contribution in [2.24, 2.45) is 0 Å².